The lowest BCUT2D eigenvalue weighted by Gasteiger charge is -2.16. The van der Waals surface area contributed by atoms with Crippen LogP contribution in [0.2, 0.25) is 0 Å². The van der Waals surface area contributed by atoms with Crippen molar-refractivity contribution >= 4 is 11.1 Å². The van der Waals surface area contributed by atoms with E-state index >= 15 is 0 Å². The summed E-state index contributed by atoms with van der Waals surface area (Å²) < 4.78 is 6.04. The standard InChI is InChI=1S/C19H26N2O2/c1-11(2)19-21-16-9-12(10-20-15-4-3-5-17(15)22)8-14(13-6-7-13)18(16)23-19/h8-9,11,13,15,17,20,22H,3-7,10H2,1-2H3/t15-,17+/m1/s1. The number of fused-ring (bicyclic) bond motifs is 1. The third kappa shape index (κ3) is 3.02. The van der Waals surface area contributed by atoms with Crippen molar-refractivity contribution in [1.29, 1.82) is 0 Å². The Labute approximate surface area is 137 Å². The fourth-order valence-corrected chi connectivity index (χ4v) is 3.61. The minimum Gasteiger partial charge on any atom is -0.440 e. The van der Waals surface area contributed by atoms with Gasteiger partial charge in [0.2, 0.25) is 0 Å². The van der Waals surface area contributed by atoms with Crippen LogP contribution < -0.4 is 5.32 Å². The van der Waals surface area contributed by atoms with Crippen LogP contribution in [0, 0.1) is 0 Å². The number of nitrogens with zero attached hydrogens (tertiary/aromatic N) is 1. The van der Waals surface area contributed by atoms with E-state index in [4.69, 9.17) is 9.40 Å². The maximum atomic E-state index is 9.97. The monoisotopic (exact) mass is 314 g/mol. The van der Waals surface area contributed by atoms with E-state index in [0.717, 1.165) is 42.8 Å². The third-order valence-corrected chi connectivity index (χ3v) is 5.15. The molecule has 0 bridgehead atoms. The van der Waals surface area contributed by atoms with Crippen LogP contribution in [0.3, 0.4) is 0 Å². The molecule has 1 heterocycles. The Balaban J connectivity index is 1.61. The molecule has 2 aliphatic carbocycles. The Kier molecular flexibility index (Phi) is 3.90. The maximum absolute atomic E-state index is 9.97. The summed E-state index contributed by atoms with van der Waals surface area (Å²) in [4.78, 5) is 4.69. The Bertz CT molecular complexity index is 703. The van der Waals surface area contributed by atoms with Crippen molar-refractivity contribution in [2.24, 2.45) is 0 Å². The van der Waals surface area contributed by atoms with Crippen molar-refractivity contribution in [2.45, 2.75) is 76.5 Å². The molecule has 4 rings (SSSR count). The first-order chi connectivity index (χ1) is 11.1. The lowest BCUT2D eigenvalue weighted by Crippen LogP contribution is -2.35. The van der Waals surface area contributed by atoms with E-state index in [1.54, 1.807) is 0 Å². The first-order valence-corrected chi connectivity index (χ1v) is 8.96. The number of hydrogen-bond acceptors (Lipinski definition) is 4. The smallest absolute Gasteiger partial charge is 0.198 e. The highest BCUT2D eigenvalue weighted by atomic mass is 16.3. The van der Waals surface area contributed by atoms with Crippen LogP contribution in [0.25, 0.3) is 11.1 Å². The average Bonchev–Trinajstić information content (AvgIpc) is 3.14. The number of aromatic nitrogens is 1. The minimum absolute atomic E-state index is 0.193. The van der Waals surface area contributed by atoms with Crippen molar-refractivity contribution in [3.8, 4) is 0 Å². The molecule has 0 unspecified atom stereocenters. The Morgan fingerprint density at radius 2 is 2.09 bits per heavy atom. The van der Waals surface area contributed by atoms with Crippen molar-refractivity contribution in [2.75, 3.05) is 0 Å². The molecule has 2 aliphatic rings. The predicted octanol–water partition coefficient (Wildman–Crippen LogP) is 3.83. The first-order valence-electron chi connectivity index (χ1n) is 8.96. The summed E-state index contributed by atoms with van der Waals surface area (Å²) in [5.41, 5.74) is 4.55. The van der Waals surface area contributed by atoms with Gasteiger partial charge in [-0.2, -0.15) is 0 Å². The molecular weight excluding hydrogens is 288 g/mol. The molecule has 0 aliphatic heterocycles. The molecule has 0 spiro atoms. The molecule has 1 aromatic heterocycles. The van der Waals surface area contributed by atoms with Gasteiger partial charge < -0.3 is 14.8 Å². The number of hydrogen-bond donors (Lipinski definition) is 2. The molecule has 2 aromatic rings. The van der Waals surface area contributed by atoms with Gasteiger partial charge in [0, 0.05) is 24.1 Å². The molecule has 2 saturated carbocycles. The quantitative estimate of drug-likeness (QED) is 0.880. The van der Waals surface area contributed by atoms with Gasteiger partial charge in [-0.25, -0.2) is 4.98 Å². The zero-order valence-electron chi connectivity index (χ0n) is 14.0. The van der Waals surface area contributed by atoms with E-state index in [1.807, 2.05) is 0 Å². The third-order valence-electron chi connectivity index (χ3n) is 5.15. The molecule has 2 N–H and O–H groups in total. The van der Waals surface area contributed by atoms with Crippen LogP contribution in [-0.4, -0.2) is 22.2 Å². The lowest BCUT2D eigenvalue weighted by atomic mass is 10.0. The van der Waals surface area contributed by atoms with Gasteiger partial charge in [0.1, 0.15) is 5.52 Å². The summed E-state index contributed by atoms with van der Waals surface area (Å²) in [5.74, 6) is 1.78. The topological polar surface area (TPSA) is 58.3 Å². The predicted molar refractivity (Wildman–Crippen MR) is 90.6 cm³/mol. The summed E-state index contributed by atoms with van der Waals surface area (Å²) in [5, 5.41) is 13.5. The van der Waals surface area contributed by atoms with E-state index in [2.05, 4.69) is 31.3 Å². The summed E-state index contributed by atoms with van der Waals surface area (Å²) >= 11 is 0. The van der Waals surface area contributed by atoms with Crippen LogP contribution >= 0.6 is 0 Å². The molecule has 23 heavy (non-hydrogen) atoms. The molecule has 2 atom stereocenters. The summed E-state index contributed by atoms with van der Waals surface area (Å²) in [6, 6.07) is 4.66. The fraction of sp³-hybridized carbons (Fsp3) is 0.632. The van der Waals surface area contributed by atoms with Gasteiger partial charge in [-0.15, -0.1) is 0 Å². The zero-order valence-corrected chi connectivity index (χ0v) is 14.0. The van der Waals surface area contributed by atoms with E-state index in [0.29, 0.717) is 11.8 Å². The molecule has 0 amide bonds. The Morgan fingerprint density at radius 3 is 2.74 bits per heavy atom. The van der Waals surface area contributed by atoms with Gasteiger partial charge in [-0.1, -0.05) is 19.9 Å². The number of benzene rings is 1. The second-order valence-corrected chi connectivity index (χ2v) is 7.50. The summed E-state index contributed by atoms with van der Waals surface area (Å²) in [6.45, 7) is 5.03. The summed E-state index contributed by atoms with van der Waals surface area (Å²) in [6.07, 6.45) is 5.43. The second kappa shape index (κ2) is 5.91. The number of aliphatic hydroxyl groups excluding tert-OH is 1. The van der Waals surface area contributed by atoms with Crippen LogP contribution in [0.1, 0.15) is 74.8 Å². The zero-order chi connectivity index (χ0) is 16.0. The normalized spacial score (nSPS) is 24.9. The number of aliphatic hydroxyl groups is 1. The van der Waals surface area contributed by atoms with Crippen molar-refractivity contribution in [1.82, 2.24) is 10.3 Å². The molecule has 0 radical (unpaired) electrons. The van der Waals surface area contributed by atoms with Crippen molar-refractivity contribution < 1.29 is 9.52 Å². The molecule has 4 heteroatoms. The highest BCUT2D eigenvalue weighted by molar-refractivity contribution is 5.78. The molecule has 0 saturated heterocycles. The van der Waals surface area contributed by atoms with Gasteiger partial charge in [-0.3, -0.25) is 0 Å². The van der Waals surface area contributed by atoms with Crippen LogP contribution in [0.4, 0.5) is 0 Å². The van der Waals surface area contributed by atoms with Gasteiger partial charge in [0.25, 0.3) is 0 Å². The summed E-state index contributed by atoms with van der Waals surface area (Å²) in [7, 11) is 0. The molecule has 4 nitrogen and oxygen atoms in total. The number of nitrogens with one attached hydrogen (secondary N) is 1. The lowest BCUT2D eigenvalue weighted by molar-refractivity contribution is 0.148. The fourth-order valence-electron chi connectivity index (χ4n) is 3.61. The highest BCUT2D eigenvalue weighted by Crippen LogP contribution is 2.44. The van der Waals surface area contributed by atoms with Gasteiger partial charge in [0.15, 0.2) is 11.5 Å². The highest BCUT2D eigenvalue weighted by Gasteiger charge is 2.29. The van der Waals surface area contributed by atoms with Gasteiger partial charge >= 0.3 is 0 Å². The van der Waals surface area contributed by atoms with E-state index in [9.17, 15) is 5.11 Å². The number of rotatable bonds is 5. The Morgan fingerprint density at radius 1 is 1.26 bits per heavy atom. The van der Waals surface area contributed by atoms with E-state index in [-0.39, 0.29) is 12.1 Å². The Hall–Kier alpha value is -1.39. The second-order valence-electron chi connectivity index (χ2n) is 7.50. The van der Waals surface area contributed by atoms with Crippen molar-refractivity contribution in [3.63, 3.8) is 0 Å². The van der Waals surface area contributed by atoms with E-state index < -0.39 is 0 Å². The largest absolute Gasteiger partial charge is 0.440 e. The first kappa shape index (κ1) is 15.2. The van der Waals surface area contributed by atoms with Crippen LogP contribution in [-0.2, 0) is 6.54 Å². The SMILES string of the molecule is CC(C)c1nc2cc(CN[C@@H]3CCC[C@@H]3O)cc(C3CC3)c2o1. The molecule has 1 aromatic carbocycles. The van der Waals surface area contributed by atoms with E-state index in [1.165, 1.54) is 24.0 Å². The molecular formula is C19H26N2O2. The maximum Gasteiger partial charge on any atom is 0.198 e. The average molecular weight is 314 g/mol. The van der Waals surface area contributed by atoms with Gasteiger partial charge in [0.05, 0.1) is 6.10 Å². The minimum atomic E-state index is -0.193. The molecule has 2 fully saturated rings. The van der Waals surface area contributed by atoms with Crippen LogP contribution in [0.5, 0.6) is 0 Å². The van der Waals surface area contributed by atoms with Gasteiger partial charge in [-0.05, 0) is 49.7 Å². The number of oxazole rings is 1. The molecule has 124 valence electrons. The van der Waals surface area contributed by atoms with Crippen molar-refractivity contribution in [3.05, 3.63) is 29.2 Å². The van der Waals surface area contributed by atoms with Crippen LogP contribution in [0.15, 0.2) is 16.5 Å².